The number of ether oxygens (including phenoxy) is 1. The predicted octanol–water partition coefficient (Wildman–Crippen LogP) is 0.836. The maximum atomic E-state index is 11.5. The third-order valence-electron chi connectivity index (χ3n) is 2.45. The van der Waals surface area contributed by atoms with E-state index in [0.29, 0.717) is 6.42 Å². The summed E-state index contributed by atoms with van der Waals surface area (Å²) in [5.41, 5.74) is 0.124. The van der Waals surface area contributed by atoms with Crippen molar-refractivity contribution in [1.29, 1.82) is 0 Å². The second-order valence-corrected chi connectivity index (χ2v) is 4.44. The van der Waals surface area contributed by atoms with Crippen molar-refractivity contribution in [2.45, 2.75) is 26.4 Å². The zero-order chi connectivity index (χ0) is 13.8. The molecule has 0 spiro atoms. The highest BCUT2D eigenvalue weighted by Gasteiger charge is 2.04. The van der Waals surface area contributed by atoms with Crippen LogP contribution in [0.3, 0.4) is 0 Å². The molecule has 1 heterocycles. The van der Waals surface area contributed by atoms with Crippen molar-refractivity contribution in [2.75, 3.05) is 0 Å². The first-order valence-corrected chi connectivity index (χ1v) is 5.98. The Morgan fingerprint density at radius 1 is 1.21 bits per heavy atom. The first-order chi connectivity index (χ1) is 9.04. The van der Waals surface area contributed by atoms with Gasteiger partial charge in [0.25, 0.3) is 5.56 Å². The summed E-state index contributed by atoms with van der Waals surface area (Å²) >= 11 is 0. The van der Waals surface area contributed by atoms with Crippen LogP contribution in [0.25, 0.3) is 0 Å². The summed E-state index contributed by atoms with van der Waals surface area (Å²) in [5.74, 6) is 0.780. The molecule has 19 heavy (non-hydrogen) atoms. The van der Waals surface area contributed by atoms with Crippen molar-refractivity contribution < 1.29 is 4.74 Å². The van der Waals surface area contributed by atoms with Gasteiger partial charge in [0.15, 0.2) is 0 Å². The van der Waals surface area contributed by atoms with Crippen LogP contribution < -0.4 is 16.0 Å². The van der Waals surface area contributed by atoms with Crippen molar-refractivity contribution in [1.82, 2.24) is 15.2 Å². The van der Waals surface area contributed by atoms with Gasteiger partial charge in [0.2, 0.25) is 0 Å². The van der Waals surface area contributed by atoms with E-state index in [1.165, 1.54) is 0 Å². The van der Waals surface area contributed by atoms with Crippen molar-refractivity contribution >= 4 is 0 Å². The summed E-state index contributed by atoms with van der Waals surface area (Å²) < 4.78 is 5.53. The summed E-state index contributed by atoms with van der Waals surface area (Å²) in [4.78, 5) is 24.5. The molecule has 0 amide bonds. The molecule has 0 unspecified atom stereocenters. The average Bonchev–Trinajstić information content (AvgIpc) is 2.34. The monoisotopic (exact) mass is 261 g/mol. The van der Waals surface area contributed by atoms with Gasteiger partial charge in [-0.3, -0.25) is 9.78 Å². The smallest absolute Gasteiger partial charge is 0.342 e. The minimum absolute atomic E-state index is 0.120. The SMILES string of the molecule is CC(C)Oc1ccc(Cc2n[nH]c(=O)[nH]c2=O)cc1. The first-order valence-electron chi connectivity index (χ1n) is 5.98. The first kappa shape index (κ1) is 13.1. The molecule has 0 radical (unpaired) electrons. The Balaban J connectivity index is 2.15. The molecule has 2 rings (SSSR count). The van der Waals surface area contributed by atoms with Gasteiger partial charge in [0, 0.05) is 6.42 Å². The molecule has 0 saturated heterocycles. The third-order valence-corrected chi connectivity index (χ3v) is 2.45. The Morgan fingerprint density at radius 2 is 1.89 bits per heavy atom. The molecule has 0 saturated carbocycles. The number of benzene rings is 1. The van der Waals surface area contributed by atoms with Crippen LogP contribution in [0.15, 0.2) is 33.9 Å². The fourth-order valence-electron chi connectivity index (χ4n) is 1.64. The zero-order valence-electron chi connectivity index (χ0n) is 10.8. The van der Waals surface area contributed by atoms with Crippen molar-refractivity contribution in [3.8, 4) is 5.75 Å². The Hall–Kier alpha value is -2.37. The van der Waals surface area contributed by atoms with Crippen LogP contribution in [0.1, 0.15) is 25.1 Å². The average molecular weight is 261 g/mol. The largest absolute Gasteiger partial charge is 0.491 e. The summed E-state index contributed by atoms with van der Waals surface area (Å²) in [6.45, 7) is 3.91. The van der Waals surface area contributed by atoms with Gasteiger partial charge in [-0.2, -0.15) is 5.10 Å². The number of aromatic amines is 2. The second kappa shape index (κ2) is 5.51. The van der Waals surface area contributed by atoms with Gasteiger partial charge in [-0.25, -0.2) is 9.89 Å². The van der Waals surface area contributed by atoms with Gasteiger partial charge in [-0.1, -0.05) is 12.1 Å². The van der Waals surface area contributed by atoms with E-state index in [-0.39, 0.29) is 11.8 Å². The zero-order valence-corrected chi connectivity index (χ0v) is 10.8. The lowest BCUT2D eigenvalue weighted by Gasteiger charge is -2.09. The summed E-state index contributed by atoms with van der Waals surface area (Å²) in [5, 5.41) is 5.94. The van der Waals surface area contributed by atoms with E-state index in [9.17, 15) is 9.59 Å². The molecule has 0 aliphatic carbocycles. The molecule has 0 bridgehead atoms. The topological polar surface area (TPSA) is 87.8 Å². The standard InChI is InChI=1S/C13H15N3O3/c1-8(2)19-10-5-3-9(4-6-10)7-11-12(17)14-13(18)16-15-11/h3-6,8H,7H2,1-2H3,(H2,14,16,17,18). The van der Waals surface area contributed by atoms with Crippen LogP contribution in [-0.2, 0) is 6.42 Å². The van der Waals surface area contributed by atoms with Crippen molar-refractivity contribution in [3.05, 3.63) is 56.4 Å². The van der Waals surface area contributed by atoms with Crippen LogP contribution in [0.5, 0.6) is 5.75 Å². The molecule has 2 N–H and O–H groups in total. The van der Waals surface area contributed by atoms with E-state index < -0.39 is 11.2 Å². The van der Waals surface area contributed by atoms with E-state index in [4.69, 9.17) is 4.74 Å². The summed E-state index contributed by atoms with van der Waals surface area (Å²) in [6.07, 6.45) is 0.475. The van der Waals surface area contributed by atoms with Crippen LogP contribution >= 0.6 is 0 Å². The molecule has 1 aromatic heterocycles. The Morgan fingerprint density at radius 3 is 2.47 bits per heavy atom. The normalized spacial score (nSPS) is 10.7. The minimum atomic E-state index is -0.602. The quantitative estimate of drug-likeness (QED) is 0.853. The van der Waals surface area contributed by atoms with Crippen LogP contribution in [0.2, 0.25) is 0 Å². The maximum absolute atomic E-state index is 11.5. The number of hydrogen-bond donors (Lipinski definition) is 2. The van der Waals surface area contributed by atoms with Gasteiger partial charge in [0.1, 0.15) is 11.4 Å². The van der Waals surface area contributed by atoms with E-state index in [1.807, 2.05) is 38.1 Å². The van der Waals surface area contributed by atoms with E-state index in [1.54, 1.807) is 0 Å². The molecule has 2 aromatic rings. The fourth-order valence-corrected chi connectivity index (χ4v) is 1.64. The van der Waals surface area contributed by atoms with Gasteiger partial charge in [-0.05, 0) is 31.5 Å². The number of aromatic nitrogens is 3. The number of nitrogens with zero attached hydrogens (tertiary/aromatic N) is 1. The predicted molar refractivity (Wildman–Crippen MR) is 70.5 cm³/mol. The van der Waals surface area contributed by atoms with Crippen molar-refractivity contribution in [3.63, 3.8) is 0 Å². The number of nitrogens with one attached hydrogen (secondary N) is 2. The lowest BCUT2D eigenvalue weighted by Crippen LogP contribution is -2.27. The van der Waals surface area contributed by atoms with Gasteiger partial charge in [0.05, 0.1) is 6.10 Å². The molecule has 0 fully saturated rings. The molecule has 0 atom stereocenters. The highest BCUT2D eigenvalue weighted by atomic mass is 16.5. The number of rotatable bonds is 4. The Labute approximate surface area is 109 Å². The highest BCUT2D eigenvalue weighted by Crippen LogP contribution is 2.14. The van der Waals surface area contributed by atoms with E-state index >= 15 is 0 Å². The third kappa shape index (κ3) is 3.54. The Bertz CT molecular complexity index is 656. The van der Waals surface area contributed by atoms with Crippen LogP contribution in [-0.4, -0.2) is 21.3 Å². The lowest BCUT2D eigenvalue weighted by molar-refractivity contribution is 0.242. The van der Waals surface area contributed by atoms with Gasteiger partial charge < -0.3 is 4.74 Å². The molecule has 100 valence electrons. The number of hydrogen-bond acceptors (Lipinski definition) is 4. The second-order valence-electron chi connectivity index (χ2n) is 4.44. The molecule has 6 heteroatoms. The summed E-state index contributed by atoms with van der Waals surface area (Å²) in [7, 11) is 0. The van der Waals surface area contributed by atoms with Gasteiger partial charge >= 0.3 is 5.69 Å². The Kier molecular flexibility index (Phi) is 3.79. The van der Waals surface area contributed by atoms with Crippen LogP contribution in [0, 0.1) is 0 Å². The minimum Gasteiger partial charge on any atom is -0.491 e. The lowest BCUT2D eigenvalue weighted by atomic mass is 10.1. The van der Waals surface area contributed by atoms with E-state index in [0.717, 1.165) is 11.3 Å². The molecule has 6 nitrogen and oxygen atoms in total. The molecule has 0 aliphatic rings. The molecular weight excluding hydrogens is 246 g/mol. The fraction of sp³-hybridized carbons (Fsp3) is 0.308. The molecular formula is C13H15N3O3. The van der Waals surface area contributed by atoms with Crippen molar-refractivity contribution in [2.24, 2.45) is 0 Å². The molecule has 1 aromatic carbocycles. The maximum Gasteiger partial charge on any atom is 0.342 e. The highest BCUT2D eigenvalue weighted by molar-refractivity contribution is 5.29. The van der Waals surface area contributed by atoms with Gasteiger partial charge in [-0.15, -0.1) is 0 Å². The van der Waals surface area contributed by atoms with E-state index in [2.05, 4.69) is 15.2 Å². The number of H-pyrrole nitrogens is 2. The molecule has 0 aliphatic heterocycles. The van der Waals surface area contributed by atoms with Crippen LogP contribution in [0.4, 0.5) is 0 Å². The summed E-state index contributed by atoms with van der Waals surface area (Å²) in [6, 6.07) is 7.41.